The molecule has 1 amide bonds. The van der Waals surface area contributed by atoms with Crippen LogP contribution in [-0.4, -0.2) is 18.8 Å². The second-order valence-electron chi connectivity index (χ2n) is 4.11. The van der Waals surface area contributed by atoms with Gasteiger partial charge in [0.25, 0.3) is 0 Å². The van der Waals surface area contributed by atoms with Crippen LogP contribution in [0.15, 0.2) is 35.7 Å². The minimum absolute atomic E-state index is 0.128. The number of nitrogens with one attached hydrogen (secondary N) is 1. The van der Waals surface area contributed by atoms with Crippen molar-refractivity contribution in [3.05, 3.63) is 46.2 Å². The van der Waals surface area contributed by atoms with Gasteiger partial charge in [-0.1, -0.05) is 6.07 Å². The first kappa shape index (κ1) is 14.3. The molecule has 1 N–H and O–H groups in total. The topological polar surface area (TPSA) is 55.4 Å². The summed E-state index contributed by atoms with van der Waals surface area (Å²) >= 11 is 1.54. The lowest BCUT2D eigenvalue weighted by Gasteiger charge is -2.11. The predicted octanol–water partition coefficient (Wildman–Crippen LogP) is 3.14. The van der Waals surface area contributed by atoms with Crippen LogP contribution >= 0.6 is 11.3 Å². The van der Waals surface area contributed by atoms with Crippen LogP contribution in [0.2, 0.25) is 0 Å². The molecule has 0 spiro atoms. The zero-order valence-corrected chi connectivity index (χ0v) is 11.9. The Balaban J connectivity index is 2.13. The molecule has 0 bridgehead atoms. The molecule has 0 saturated heterocycles. The average Bonchev–Trinajstić information content (AvgIpc) is 2.93. The molecule has 0 saturated carbocycles. The molecule has 0 aliphatic carbocycles. The van der Waals surface area contributed by atoms with E-state index in [0.717, 1.165) is 11.2 Å². The van der Waals surface area contributed by atoms with Crippen molar-refractivity contribution >= 4 is 29.2 Å². The number of carbonyl (C=O) groups excluding carboxylic acids is 2. The number of carbonyl (C=O) groups is 2. The van der Waals surface area contributed by atoms with Crippen LogP contribution in [0, 0.1) is 0 Å². The highest BCUT2D eigenvalue weighted by Gasteiger charge is 2.10. The van der Waals surface area contributed by atoms with E-state index in [0.29, 0.717) is 30.0 Å². The summed E-state index contributed by atoms with van der Waals surface area (Å²) in [7, 11) is 0. The number of benzene rings is 1. The van der Waals surface area contributed by atoms with Gasteiger partial charge in [0.1, 0.15) is 12.0 Å². The Labute approximate surface area is 121 Å². The Morgan fingerprint density at radius 3 is 2.90 bits per heavy atom. The maximum atomic E-state index is 12.0. The van der Waals surface area contributed by atoms with Crippen molar-refractivity contribution in [2.75, 3.05) is 11.9 Å². The van der Waals surface area contributed by atoms with Crippen molar-refractivity contribution < 1.29 is 14.3 Å². The van der Waals surface area contributed by atoms with Crippen molar-refractivity contribution in [2.45, 2.75) is 13.3 Å². The molecule has 0 fully saturated rings. The fourth-order valence-corrected chi connectivity index (χ4v) is 2.47. The Morgan fingerprint density at radius 2 is 2.25 bits per heavy atom. The number of amides is 1. The van der Waals surface area contributed by atoms with Gasteiger partial charge in [-0.15, -0.1) is 11.3 Å². The summed E-state index contributed by atoms with van der Waals surface area (Å²) in [6.07, 6.45) is 1.05. The van der Waals surface area contributed by atoms with Crippen LogP contribution in [0.1, 0.15) is 22.2 Å². The smallest absolute Gasteiger partial charge is 0.229 e. The van der Waals surface area contributed by atoms with Crippen molar-refractivity contribution in [1.29, 1.82) is 0 Å². The number of rotatable bonds is 6. The highest BCUT2D eigenvalue weighted by Crippen LogP contribution is 2.25. The first-order valence-electron chi connectivity index (χ1n) is 6.27. The number of ether oxygens (including phenoxy) is 1. The van der Waals surface area contributed by atoms with Gasteiger partial charge in [0.05, 0.1) is 18.7 Å². The molecule has 0 aliphatic rings. The Bertz CT molecular complexity index is 593. The van der Waals surface area contributed by atoms with Crippen molar-refractivity contribution in [1.82, 2.24) is 0 Å². The zero-order valence-electron chi connectivity index (χ0n) is 11.1. The van der Waals surface area contributed by atoms with Gasteiger partial charge in [0.2, 0.25) is 5.91 Å². The maximum absolute atomic E-state index is 12.0. The fourth-order valence-electron chi connectivity index (χ4n) is 1.77. The van der Waals surface area contributed by atoms with E-state index in [4.69, 9.17) is 4.74 Å². The van der Waals surface area contributed by atoms with E-state index in [1.165, 1.54) is 11.3 Å². The Morgan fingerprint density at radius 1 is 1.40 bits per heavy atom. The van der Waals surface area contributed by atoms with Crippen LogP contribution in [-0.2, 0) is 11.2 Å². The third-order valence-electron chi connectivity index (χ3n) is 2.63. The third kappa shape index (κ3) is 3.68. The van der Waals surface area contributed by atoms with Gasteiger partial charge in [0.15, 0.2) is 0 Å². The van der Waals surface area contributed by atoms with Gasteiger partial charge in [-0.3, -0.25) is 9.59 Å². The molecule has 2 aromatic rings. The molecule has 0 unspecified atom stereocenters. The summed E-state index contributed by atoms with van der Waals surface area (Å²) in [6, 6.07) is 8.78. The second kappa shape index (κ2) is 6.86. The molecule has 104 valence electrons. The fraction of sp³-hybridized carbons (Fsp3) is 0.200. The molecule has 0 aliphatic heterocycles. The van der Waals surface area contributed by atoms with Crippen LogP contribution in [0.3, 0.4) is 0 Å². The lowest BCUT2D eigenvalue weighted by molar-refractivity contribution is -0.115. The van der Waals surface area contributed by atoms with Crippen LogP contribution in [0.4, 0.5) is 5.69 Å². The van der Waals surface area contributed by atoms with Crippen molar-refractivity contribution in [2.24, 2.45) is 0 Å². The molecule has 1 heterocycles. The lowest BCUT2D eigenvalue weighted by Crippen LogP contribution is -2.15. The standard InChI is InChI=1S/C15H15NO3S/c1-2-19-14-6-5-11(10-17)8-13(14)16-15(18)9-12-4-3-7-20-12/h3-8,10H,2,9H2,1H3,(H,16,18). The molecule has 5 heteroatoms. The molecule has 0 radical (unpaired) electrons. The number of aldehydes is 1. The number of hydrogen-bond donors (Lipinski definition) is 1. The molecule has 2 rings (SSSR count). The van der Waals surface area contributed by atoms with Crippen molar-refractivity contribution in [3.63, 3.8) is 0 Å². The van der Waals surface area contributed by atoms with E-state index in [9.17, 15) is 9.59 Å². The first-order chi connectivity index (χ1) is 9.72. The van der Waals surface area contributed by atoms with E-state index in [1.807, 2.05) is 24.4 Å². The maximum Gasteiger partial charge on any atom is 0.229 e. The van der Waals surface area contributed by atoms with Crippen LogP contribution in [0.5, 0.6) is 5.75 Å². The number of hydrogen-bond acceptors (Lipinski definition) is 4. The minimum atomic E-state index is -0.128. The van der Waals surface area contributed by atoms with Crippen LogP contribution < -0.4 is 10.1 Å². The summed E-state index contributed by atoms with van der Waals surface area (Å²) in [4.78, 5) is 23.8. The predicted molar refractivity (Wildman–Crippen MR) is 79.7 cm³/mol. The monoisotopic (exact) mass is 289 g/mol. The lowest BCUT2D eigenvalue weighted by atomic mass is 10.2. The summed E-state index contributed by atoms with van der Waals surface area (Å²) < 4.78 is 5.44. The quantitative estimate of drug-likeness (QED) is 0.831. The minimum Gasteiger partial charge on any atom is -0.492 e. The molecule has 1 aromatic carbocycles. The second-order valence-corrected chi connectivity index (χ2v) is 5.14. The molecule has 1 aromatic heterocycles. The first-order valence-corrected chi connectivity index (χ1v) is 7.15. The SMILES string of the molecule is CCOc1ccc(C=O)cc1NC(=O)Cc1cccs1. The molecule has 20 heavy (non-hydrogen) atoms. The van der Waals surface area contributed by atoms with E-state index < -0.39 is 0 Å². The van der Waals surface area contributed by atoms with E-state index in [-0.39, 0.29) is 5.91 Å². The average molecular weight is 289 g/mol. The van der Waals surface area contributed by atoms with Crippen LogP contribution in [0.25, 0.3) is 0 Å². The molecule has 4 nitrogen and oxygen atoms in total. The van der Waals surface area contributed by atoms with Gasteiger partial charge in [-0.2, -0.15) is 0 Å². The normalized spacial score (nSPS) is 10.1. The van der Waals surface area contributed by atoms with Gasteiger partial charge in [-0.05, 0) is 36.6 Å². The van der Waals surface area contributed by atoms with E-state index in [1.54, 1.807) is 18.2 Å². The van der Waals surface area contributed by atoms with Gasteiger partial charge in [0, 0.05) is 10.4 Å². The molecular formula is C15H15NO3S. The largest absolute Gasteiger partial charge is 0.492 e. The summed E-state index contributed by atoms with van der Waals surface area (Å²) in [6.45, 7) is 2.36. The highest BCUT2D eigenvalue weighted by atomic mass is 32.1. The molecule has 0 atom stereocenters. The summed E-state index contributed by atoms with van der Waals surface area (Å²) in [5, 5.41) is 4.72. The van der Waals surface area contributed by atoms with Gasteiger partial charge >= 0.3 is 0 Å². The Kier molecular flexibility index (Phi) is 4.90. The number of anilines is 1. The zero-order chi connectivity index (χ0) is 14.4. The summed E-state index contributed by atoms with van der Waals surface area (Å²) in [5.74, 6) is 0.439. The molecular weight excluding hydrogens is 274 g/mol. The number of thiophene rings is 1. The van der Waals surface area contributed by atoms with Gasteiger partial charge < -0.3 is 10.1 Å². The summed E-state index contributed by atoms with van der Waals surface area (Å²) in [5.41, 5.74) is 1.03. The van der Waals surface area contributed by atoms with Crippen molar-refractivity contribution in [3.8, 4) is 5.75 Å². The third-order valence-corrected chi connectivity index (χ3v) is 3.50. The van der Waals surface area contributed by atoms with E-state index in [2.05, 4.69) is 5.32 Å². The Hall–Kier alpha value is -2.14. The highest BCUT2D eigenvalue weighted by molar-refractivity contribution is 7.10. The van der Waals surface area contributed by atoms with E-state index >= 15 is 0 Å². The van der Waals surface area contributed by atoms with Gasteiger partial charge in [-0.25, -0.2) is 0 Å².